The second-order valence-corrected chi connectivity index (χ2v) is 9.42. The molecule has 2 fully saturated rings. The molecular formula is C20H26BrN3O4. The first kappa shape index (κ1) is 19.5. The van der Waals surface area contributed by atoms with E-state index >= 15 is 0 Å². The zero-order chi connectivity index (χ0) is 20.1. The van der Waals surface area contributed by atoms with Gasteiger partial charge in [0.1, 0.15) is 11.1 Å². The molecule has 0 spiro atoms. The highest BCUT2D eigenvalue weighted by Gasteiger charge is 2.43. The largest absolute Gasteiger partial charge is 0.444 e. The molecule has 2 saturated heterocycles. The first-order chi connectivity index (χ1) is 13.3. The van der Waals surface area contributed by atoms with Gasteiger partial charge in [-0.15, -0.1) is 0 Å². The number of rotatable bonds is 2. The SMILES string of the molecule is CC(C)(C)OC(=O)N1C2CCCC1CN(c1nc3c(CO)ccc(Br)c3o1)C2. The Labute approximate surface area is 172 Å². The Bertz CT molecular complexity index is 877. The summed E-state index contributed by atoms with van der Waals surface area (Å²) in [6.45, 7) is 6.92. The molecule has 152 valence electrons. The zero-order valence-electron chi connectivity index (χ0n) is 16.4. The molecule has 2 aliphatic heterocycles. The first-order valence-electron chi connectivity index (χ1n) is 9.72. The van der Waals surface area contributed by atoms with Crippen LogP contribution in [0, 0.1) is 0 Å². The number of hydrogen-bond donors (Lipinski definition) is 1. The van der Waals surface area contributed by atoms with Crippen LogP contribution >= 0.6 is 15.9 Å². The van der Waals surface area contributed by atoms with Gasteiger partial charge in [0, 0.05) is 18.7 Å². The van der Waals surface area contributed by atoms with E-state index in [9.17, 15) is 9.90 Å². The van der Waals surface area contributed by atoms with Gasteiger partial charge < -0.3 is 19.2 Å². The van der Waals surface area contributed by atoms with Gasteiger partial charge in [-0.1, -0.05) is 6.07 Å². The second-order valence-electron chi connectivity index (χ2n) is 8.57. The third-order valence-corrected chi connectivity index (χ3v) is 5.96. The number of aromatic nitrogens is 1. The van der Waals surface area contributed by atoms with E-state index in [2.05, 4.69) is 25.8 Å². The van der Waals surface area contributed by atoms with Gasteiger partial charge >= 0.3 is 6.09 Å². The highest BCUT2D eigenvalue weighted by molar-refractivity contribution is 9.10. The second kappa shape index (κ2) is 7.22. The number of carbonyl (C=O) groups excluding carboxylic acids is 1. The van der Waals surface area contributed by atoms with Gasteiger partial charge in [0.05, 0.1) is 23.2 Å². The van der Waals surface area contributed by atoms with E-state index < -0.39 is 5.60 Å². The smallest absolute Gasteiger partial charge is 0.410 e. The van der Waals surface area contributed by atoms with Crippen molar-refractivity contribution in [2.45, 2.75) is 64.3 Å². The fourth-order valence-corrected chi connectivity index (χ4v) is 4.56. The number of amides is 1. The number of nitrogens with zero attached hydrogens (tertiary/aromatic N) is 3. The van der Waals surface area contributed by atoms with Crippen LogP contribution in [0.5, 0.6) is 0 Å². The van der Waals surface area contributed by atoms with Gasteiger partial charge in [-0.05, 0) is 62.0 Å². The number of carbonyl (C=O) groups is 1. The Balaban J connectivity index is 1.60. The minimum atomic E-state index is -0.504. The summed E-state index contributed by atoms with van der Waals surface area (Å²) in [5, 5.41) is 9.60. The fraction of sp³-hybridized carbons (Fsp3) is 0.600. The maximum absolute atomic E-state index is 12.8. The number of halogens is 1. The van der Waals surface area contributed by atoms with Crippen molar-refractivity contribution in [3.8, 4) is 0 Å². The van der Waals surface area contributed by atoms with Crippen molar-refractivity contribution in [2.24, 2.45) is 0 Å². The third kappa shape index (κ3) is 3.59. The molecule has 2 atom stereocenters. The van der Waals surface area contributed by atoms with E-state index in [1.165, 1.54) is 0 Å². The molecule has 1 amide bonds. The number of anilines is 1. The molecule has 2 bridgehead atoms. The molecule has 0 aliphatic carbocycles. The molecule has 3 heterocycles. The Morgan fingerprint density at radius 3 is 2.61 bits per heavy atom. The van der Waals surface area contributed by atoms with E-state index in [1.54, 1.807) is 0 Å². The highest BCUT2D eigenvalue weighted by Crippen LogP contribution is 2.35. The van der Waals surface area contributed by atoms with Gasteiger partial charge in [0.25, 0.3) is 6.01 Å². The number of piperidine rings is 1. The van der Waals surface area contributed by atoms with E-state index in [0.29, 0.717) is 30.2 Å². The Morgan fingerprint density at radius 2 is 2.00 bits per heavy atom. The van der Waals surface area contributed by atoms with Crippen LogP contribution in [0.25, 0.3) is 11.1 Å². The van der Waals surface area contributed by atoms with E-state index in [4.69, 9.17) is 9.15 Å². The number of piperazine rings is 1. The van der Waals surface area contributed by atoms with Crippen LogP contribution in [0.15, 0.2) is 21.0 Å². The minimum absolute atomic E-state index is 0.0816. The van der Waals surface area contributed by atoms with Crippen LogP contribution in [-0.4, -0.2) is 51.9 Å². The number of ether oxygens (including phenoxy) is 1. The number of aliphatic hydroxyl groups is 1. The van der Waals surface area contributed by atoms with Gasteiger partial charge in [0.15, 0.2) is 5.58 Å². The lowest BCUT2D eigenvalue weighted by Crippen LogP contribution is -2.63. The Morgan fingerprint density at radius 1 is 1.32 bits per heavy atom. The van der Waals surface area contributed by atoms with Crippen LogP contribution in [0.2, 0.25) is 0 Å². The molecule has 2 aromatic rings. The average molecular weight is 452 g/mol. The van der Waals surface area contributed by atoms with Crippen LogP contribution in [0.1, 0.15) is 45.6 Å². The Hall–Kier alpha value is -1.80. The number of hydrogen-bond acceptors (Lipinski definition) is 6. The Kier molecular flexibility index (Phi) is 5.03. The molecule has 28 heavy (non-hydrogen) atoms. The van der Waals surface area contributed by atoms with Crippen molar-refractivity contribution in [3.05, 3.63) is 22.2 Å². The molecule has 1 aromatic carbocycles. The van der Waals surface area contributed by atoms with Gasteiger partial charge in [-0.3, -0.25) is 4.90 Å². The summed E-state index contributed by atoms with van der Waals surface area (Å²) < 4.78 is 12.5. The summed E-state index contributed by atoms with van der Waals surface area (Å²) in [6.07, 6.45) is 2.76. The molecule has 0 radical (unpaired) electrons. The van der Waals surface area contributed by atoms with Crippen molar-refractivity contribution in [1.29, 1.82) is 0 Å². The van der Waals surface area contributed by atoms with Gasteiger partial charge in [-0.2, -0.15) is 4.98 Å². The standard InChI is InChI=1S/C20H26BrN3O4/c1-20(2,3)28-19(26)24-13-5-4-6-14(24)10-23(9-13)18-22-16-12(11-25)7-8-15(21)17(16)27-18/h7-8,13-14,25H,4-6,9-11H2,1-3H3. The monoisotopic (exact) mass is 451 g/mol. The molecule has 0 saturated carbocycles. The normalized spacial score (nSPS) is 22.6. The summed E-state index contributed by atoms with van der Waals surface area (Å²) in [5.74, 6) is 0. The van der Waals surface area contributed by atoms with Crippen molar-refractivity contribution in [2.75, 3.05) is 18.0 Å². The van der Waals surface area contributed by atoms with E-state index in [0.717, 1.165) is 29.3 Å². The lowest BCUT2D eigenvalue weighted by atomic mass is 9.92. The van der Waals surface area contributed by atoms with Crippen LogP contribution in [-0.2, 0) is 11.3 Å². The third-order valence-electron chi connectivity index (χ3n) is 5.34. The van der Waals surface area contributed by atoms with Gasteiger partial charge in [0.2, 0.25) is 0 Å². The summed E-state index contributed by atoms with van der Waals surface area (Å²) in [4.78, 5) is 21.4. The summed E-state index contributed by atoms with van der Waals surface area (Å²) in [5.41, 5.74) is 1.55. The van der Waals surface area contributed by atoms with Gasteiger partial charge in [-0.25, -0.2) is 4.79 Å². The lowest BCUT2D eigenvalue weighted by molar-refractivity contribution is -0.0102. The molecule has 7 nitrogen and oxygen atoms in total. The van der Waals surface area contributed by atoms with Crippen molar-refractivity contribution in [3.63, 3.8) is 0 Å². The number of fused-ring (bicyclic) bond motifs is 3. The first-order valence-corrected chi connectivity index (χ1v) is 10.5. The van der Waals surface area contributed by atoms with Crippen molar-refractivity contribution >= 4 is 39.1 Å². The van der Waals surface area contributed by atoms with Crippen LogP contribution in [0.3, 0.4) is 0 Å². The van der Waals surface area contributed by atoms with Crippen molar-refractivity contribution in [1.82, 2.24) is 9.88 Å². The molecular weight excluding hydrogens is 426 g/mol. The molecule has 1 aromatic heterocycles. The number of aliphatic hydroxyl groups excluding tert-OH is 1. The van der Waals surface area contributed by atoms with Crippen molar-refractivity contribution < 1.29 is 19.1 Å². The quantitative estimate of drug-likeness (QED) is 0.741. The molecule has 1 N–H and O–H groups in total. The summed E-state index contributed by atoms with van der Waals surface area (Å²) in [7, 11) is 0. The van der Waals surface area contributed by atoms with Crippen LogP contribution < -0.4 is 4.90 Å². The maximum atomic E-state index is 12.8. The molecule has 8 heteroatoms. The van der Waals surface area contributed by atoms with Crippen LogP contribution in [0.4, 0.5) is 10.8 Å². The van der Waals surface area contributed by atoms with E-state index in [1.807, 2.05) is 37.8 Å². The molecule has 2 unspecified atom stereocenters. The maximum Gasteiger partial charge on any atom is 0.410 e. The highest BCUT2D eigenvalue weighted by atomic mass is 79.9. The fourth-order valence-electron chi connectivity index (χ4n) is 4.16. The summed E-state index contributed by atoms with van der Waals surface area (Å²) in [6, 6.07) is 4.40. The number of oxazole rings is 1. The lowest BCUT2D eigenvalue weighted by Gasteiger charge is -2.49. The topological polar surface area (TPSA) is 79.0 Å². The molecule has 4 rings (SSSR count). The predicted molar refractivity (Wildman–Crippen MR) is 109 cm³/mol. The minimum Gasteiger partial charge on any atom is -0.444 e. The summed E-state index contributed by atoms with van der Waals surface area (Å²) >= 11 is 3.50. The predicted octanol–water partition coefficient (Wildman–Crippen LogP) is 4.06. The average Bonchev–Trinajstić information content (AvgIpc) is 3.06. The number of benzene rings is 1. The zero-order valence-corrected chi connectivity index (χ0v) is 18.0. The molecule has 2 aliphatic rings. The van der Waals surface area contributed by atoms with E-state index in [-0.39, 0.29) is 24.8 Å².